The second-order valence-electron chi connectivity index (χ2n) is 3.19. The molecule has 1 aromatic carbocycles. The molecule has 0 unspecified atom stereocenters. The van der Waals surface area contributed by atoms with Gasteiger partial charge < -0.3 is 10.4 Å². The van der Waals surface area contributed by atoms with Crippen LogP contribution in [0.3, 0.4) is 0 Å². The second-order valence-corrected chi connectivity index (χ2v) is 3.19. The summed E-state index contributed by atoms with van der Waals surface area (Å²) >= 11 is 0. The number of anilines is 2. The zero-order valence-corrected chi connectivity index (χ0v) is 8.39. The normalized spacial score (nSPS) is 10.1. The van der Waals surface area contributed by atoms with Crippen LogP contribution in [0, 0.1) is 5.82 Å². The van der Waals surface area contributed by atoms with Crippen LogP contribution in [0.5, 0.6) is 0 Å². The van der Waals surface area contributed by atoms with Crippen LogP contribution in [0.1, 0.15) is 5.56 Å². The van der Waals surface area contributed by atoms with Gasteiger partial charge in [0.2, 0.25) is 0 Å². The van der Waals surface area contributed by atoms with E-state index < -0.39 is 0 Å². The highest BCUT2D eigenvalue weighted by atomic mass is 19.1. The molecule has 4 nitrogen and oxygen atoms in total. The lowest BCUT2D eigenvalue weighted by molar-refractivity contribution is 0.281. The lowest BCUT2D eigenvalue weighted by Gasteiger charge is -2.08. The zero-order valence-electron chi connectivity index (χ0n) is 8.39. The molecular formula is C11H10FN3O. The quantitative estimate of drug-likeness (QED) is 0.827. The van der Waals surface area contributed by atoms with Gasteiger partial charge in [0.1, 0.15) is 18.0 Å². The molecule has 1 aromatic heterocycles. The predicted octanol–water partition coefficient (Wildman–Crippen LogP) is 1.85. The molecule has 0 bridgehead atoms. The van der Waals surface area contributed by atoms with E-state index in [-0.39, 0.29) is 12.4 Å². The van der Waals surface area contributed by atoms with Crippen molar-refractivity contribution in [3.63, 3.8) is 0 Å². The van der Waals surface area contributed by atoms with Gasteiger partial charge in [0, 0.05) is 17.4 Å². The molecule has 0 spiro atoms. The van der Waals surface area contributed by atoms with Gasteiger partial charge >= 0.3 is 0 Å². The van der Waals surface area contributed by atoms with Crippen LogP contribution in [0.4, 0.5) is 15.9 Å². The minimum atomic E-state index is -0.296. The predicted molar refractivity (Wildman–Crippen MR) is 57.6 cm³/mol. The molecule has 0 fully saturated rings. The molecule has 0 saturated heterocycles. The van der Waals surface area contributed by atoms with Gasteiger partial charge in [-0.1, -0.05) is 0 Å². The Bertz CT molecular complexity index is 473. The summed E-state index contributed by atoms with van der Waals surface area (Å²) in [5.74, 6) is 0.222. The van der Waals surface area contributed by atoms with E-state index in [0.717, 1.165) is 0 Å². The number of benzene rings is 1. The first-order valence-electron chi connectivity index (χ1n) is 4.72. The monoisotopic (exact) mass is 219 g/mol. The Kier molecular flexibility index (Phi) is 3.07. The van der Waals surface area contributed by atoms with E-state index in [0.29, 0.717) is 17.1 Å². The Balaban J connectivity index is 2.23. The lowest BCUT2D eigenvalue weighted by atomic mass is 10.3. The van der Waals surface area contributed by atoms with Gasteiger partial charge in [0.15, 0.2) is 0 Å². The summed E-state index contributed by atoms with van der Waals surface area (Å²) in [6, 6.07) is 5.89. The van der Waals surface area contributed by atoms with E-state index in [1.807, 2.05) is 0 Å². The van der Waals surface area contributed by atoms with Gasteiger partial charge in [-0.15, -0.1) is 0 Å². The lowest BCUT2D eigenvalue weighted by Crippen LogP contribution is -1.99. The summed E-state index contributed by atoms with van der Waals surface area (Å²) in [6.07, 6.45) is 2.91. The number of aromatic nitrogens is 2. The third-order valence-corrected chi connectivity index (χ3v) is 2.07. The smallest absolute Gasteiger partial charge is 0.139 e. The average molecular weight is 219 g/mol. The summed E-state index contributed by atoms with van der Waals surface area (Å²) < 4.78 is 12.7. The van der Waals surface area contributed by atoms with Crippen LogP contribution < -0.4 is 5.32 Å². The van der Waals surface area contributed by atoms with Crippen molar-refractivity contribution in [1.82, 2.24) is 9.97 Å². The number of rotatable bonds is 3. The zero-order chi connectivity index (χ0) is 11.4. The van der Waals surface area contributed by atoms with Gasteiger partial charge in [-0.2, -0.15) is 0 Å². The standard InChI is InChI=1S/C11H10FN3O/c12-9-1-3-10(4-2-9)15-11-8(6-16)5-13-7-14-11/h1-5,7,16H,6H2,(H,13,14,15). The third-order valence-electron chi connectivity index (χ3n) is 2.07. The number of hydrogen-bond donors (Lipinski definition) is 2. The van der Waals surface area contributed by atoms with Crippen molar-refractivity contribution in [2.45, 2.75) is 6.61 Å². The largest absolute Gasteiger partial charge is 0.391 e. The Morgan fingerprint density at radius 3 is 2.69 bits per heavy atom. The summed E-state index contributed by atoms with van der Waals surface area (Å²) in [7, 11) is 0. The summed E-state index contributed by atoms with van der Waals surface area (Å²) in [5.41, 5.74) is 1.29. The molecule has 82 valence electrons. The molecule has 0 aliphatic carbocycles. The van der Waals surface area contributed by atoms with Crippen molar-refractivity contribution in [1.29, 1.82) is 0 Å². The first-order chi connectivity index (χ1) is 7.79. The fourth-order valence-electron chi connectivity index (χ4n) is 1.26. The molecule has 0 aliphatic heterocycles. The fraction of sp³-hybridized carbons (Fsp3) is 0.0909. The average Bonchev–Trinajstić information content (AvgIpc) is 2.33. The van der Waals surface area contributed by atoms with Crippen molar-refractivity contribution in [2.75, 3.05) is 5.32 Å². The maximum absolute atomic E-state index is 12.7. The van der Waals surface area contributed by atoms with Crippen LogP contribution in [0.2, 0.25) is 0 Å². The molecule has 2 aromatic rings. The number of nitrogens with zero attached hydrogens (tertiary/aromatic N) is 2. The molecule has 16 heavy (non-hydrogen) atoms. The molecule has 0 radical (unpaired) electrons. The molecule has 0 atom stereocenters. The highest BCUT2D eigenvalue weighted by Crippen LogP contribution is 2.17. The Morgan fingerprint density at radius 2 is 2.00 bits per heavy atom. The third kappa shape index (κ3) is 2.32. The summed E-state index contributed by atoms with van der Waals surface area (Å²) in [5, 5.41) is 12.0. The van der Waals surface area contributed by atoms with Crippen molar-refractivity contribution >= 4 is 11.5 Å². The Hall–Kier alpha value is -2.01. The summed E-state index contributed by atoms with van der Waals surface area (Å²) in [6.45, 7) is -0.148. The van der Waals surface area contributed by atoms with Crippen molar-refractivity contribution < 1.29 is 9.50 Å². The van der Waals surface area contributed by atoms with Crippen LogP contribution in [0.25, 0.3) is 0 Å². The number of aliphatic hydroxyl groups excluding tert-OH is 1. The Labute approximate surface area is 91.8 Å². The van der Waals surface area contributed by atoms with Gasteiger partial charge in [0.25, 0.3) is 0 Å². The summed E-state index contributed by atoms with van der Waals surface area (Å²) in [4.78, 5) is 7.79. The van der Waals surface area contributed by atoms with Crippen LogP contribution in [-0.2, 0) is 6.61 Å². The van der Waals surface area contributed by atoms with E-state index in [2.05, 4.69) is 15.3 Å². The molecular weight excluding hydrogens is 209 g/mol. The molecule has 5 heteroatoms. The highest BCUT2D eigenvalue weighted by Gasteiger charge is 2.02. The van der Waals surface area contributed by atoms with Gasteiger partial charge in [-0.25, -0.2) is 14.4 Å². The van der Waals surface area contributed by atoms with Crippen molar-refractivity contribution in [2.24, 2.45) is 0 Å². The second kappa shape index (κ2) is 4.67. The molecule has 0 aliphatic rings. The SMILES string of the molecule is OCc1cncnc1Nc1ccc(F)cc1. The molecule has 2 rings (SSSR count). The topological polar surface area (TPSA) is 58.0 Å². The fourth-order valence-corrected chi connectivity index (χ4v) is 1.26. The van der Waals surface area contributed by atoms with E-state index in [4.69, 9.17) is 5.11 Å². The van der Waals surface area contributed by atoms with E-state index in [9.17, 15) is 4.39 Å². The van der Waals surface area contributed by atoms with E-state index >= 15 is 0 Å². The van der Waals surface area contributed by atoms with Gasteiger partial charge in [-0.3, -0.25) is 0 Å². The number of aliphatic hydroxyl groups is 1. The van der Waals surface area contributed by atoms with Crippen LogP contribution in [-0.4, -0.2) is 15.1 Å². The highest BCUT2D eigenvalue weighted by molar-refractivity contribution is 5.58. The number of halogens is 1. The number of hydrogen-bond acceptors (Lipinski definition) is 4. The van der Waals surface area contributed by atoms with Gasteiger partial charge in [-0.05, 0) is 24.3 Å². The van der Waals surface area contributed by atoms with E-state index in [1.165, 1.54) is 24.7 Å². The molecule has 0 amide bonds. The van der Waals surface area contributed by atoms with Crippen molar-refractivity contribution in [3.05, 3.63) is 48.2 Å². The van der Waals surface area contributed by atoms with Gasteiger partial charge in [0.05, 0.1) is 6.61 Å². The van der Waals surface area contributed by atoms with Crippen molar-refractivity contribution in [3.8, 4) is 0 Å². The Morgan fingerprint density at radius 1 is 1.25 bits per heavy atom. The number of nitrogens with one attached hydrogen (secondary N) is 1. The van der Waals surface area contributed by atoms with Crippen LogP contribution >= 0.6 is 0 Å². The maximum atomic E-state index is 12.7. The minimum Gasteiger partial charge on any atom is -0.391 e. The first-order valence-corrected chi connectivity index (χ1v) is 4.72. The molecule has 1 heterocycles. The maximum Gasteiger partial charge on any atom is 0.139 e. The first kappa shape index (κ1) is 10.5. The molecule has 0 saturated carbocycles. The molecule has 2 N–H and O–H groups in total. The van der Waals surface area contributed by atoms with E-state index in [1.54, 1.807) is 12.1 Å². The minimum absolute atomic E-state index is 0.148. The van der Waals surface area contributed by atoms with Crippen LogP contribution in [0.15, 0.2) is 36.8 Å².